The van der Waals surface area contributed by atoms with Gasteiger partial charge in [0.1, 0.15) is 11.6 Å². The molecule has 2 heterocycles. The summed E-state index contributed by atoms with van der Waals surface area (Å²) in [6.45, 7) is 0.276. The molecule has 112 valence electrons. The van der Waals surface area contributed by atoms with E-state index in [2.05, 4.69) is 20.5 Å². The highest BCUT2D eigenvalue weighted by Crippen LogP contribution is 2.14. The molecule has 1 aromatic carbocycles. The van der Waals surface area contributed by atoms with Crippen LogP contribution < -0.4 is 5.32 Å². The number of benzene rings is 1. The maximum Gasteiger partial charge on any atom is 0.225 e. The Bertz CT molecular complexity index is 752. The number of halogens is 1. The van der Waals surface area contributed by atoms with Crippen molar-refractivity contribution < 1.29 is 9.18 Å². The Morgan fingerprint density at radius 2 is 2.09 bits per heavy atom. The Morgan fingerprint density at radius 3 is 2.82 bits per heavy atom. The molecule has 0 saturated heterocycles. The first-order chi connectivity index (χ1) is 10.7. The van der Waals surface area contributed by atoms with Crippen molar-refractivity contribution in [3.8, 4) is 11.4 Å². The van der Waals surface area contributed by atoms with Gasteiger partial charge in [0.05, 0.1) is 13.0 Å². The van der Waals surface area contributed by atoms with Gasteiger partial charge in [-0.1, -0.05) is 6.07 Å². The fourth-order valence-corrected chi connectivity index (χ4v) is 2.62. The summed E-state index contributed by atoms with van der Waals surface area (Å²) in [5.74, 6) is 0.656. The number of H-pyrrole nitrogens is 1. The van der Waals surface area contributed by atoms with Crippen molar-refractivity contribution >= 4 is 17.2 Å². The number of rotatable bonds is 5. The molecule has 22 heavy (non-hydrogen) atoms. The fourth-order valence-electron chi connectivity index (χ4n) is 1.92. The second kappa shape index (κ2) is 6.48. The molecule has 1 amide bonds. The molecule has 0 saturated carbocycles. The number of aromatic nitrogens is 3. The smallest absolute Gasteiger partial charge is 0.225 e. The van der Waals surface area contributed by atoms with Gasteiger partial charge in [-0.15, -0.1) is 11.3 Å². The van der Waals surface area contributed by atoms with Gasteiger partial charge in [-0.3, -0.25) is 9.89 Å². The molecule has 0 aliphatic carbocycles. The number of hydrogen-bond acceptors (Lipinski definition) is 4. The zero-order valence-corrected chi connectivity index (χ0v) is 12.4. The summed E-state index contributed by atoms with van der Waals surface area (Å²) in [5.41, 5.74) is 0.716. The lowest BCUT2D eigenvalue weighted by Crippen LogP contribution is -2.24. The van der Waals surface area contributed by atoms with Crippen LogP contribution in [0.2, 0.25) is 0 Å². The van der Waals surface area contributed by atoms with Gasteiger partial charge in [0.15, 0.2) is 5.82 Å². The number of carbonyl (C=O) groups is 1. The molecule has 5 nitrogen and oxygen atoms in total. The van der Waals surface area contributed by atoms with Crippen LogP contribution in [0.4, 0.5) is 4.39 Å². The lowest BCUT2D eigenvalue weighted by molar-refractivity contribution is -0.120. The van der Waals surface area contributed by atoms with Crippen LogP contribution in [0.1, 0.15) is 10.7 Å². The third-order valence-electron chi connectivity index (χ3n) is 3.00. The molecule has 0 unspecified atom stereocenters. The molecule has 0 aliphatic rings. The van der Waals surface area contributed by atoms with Gasteiger partial charge in [-0.2, -0.15) is 5.10 Å². The summed E-state index contributed by atoms with van der Waals surface area (Å²) in [6.07, 6.45) is 0.358. The van der Waals surface area contributed by atoms with Crippen molar-refractivity contribution in [3.63, 3.8) is 0 Å². The molecule has 0 spiro atoms. The van der Waals surface area contributed by atoms with E-state index in [1.807, 2.05) is 17.5 Å². The highest BCUT2D eigenvalue weighted by Gasteiger charge is 2.08. The summed E-state index contributed by atoms with van der Waals surface area (Å²) < 4.78 is 12.9. The van der Waals surface area contributed by atoms with Crippen molar-refractivity contribution in [1.29, 1.82) is 0 Å². The molecule has 0 bridgehead atoms. The van der Waals surface area contributed by atoms with Gasteiger partial charge in [-0.25, -0.2) is 9.37 Å². The van der Waals surface area contributed by atoms with Gasteiger partial charge in [0.2, 0.25) is 5.91 Å². The first kappa shape index (κ1) is 14.4. The van der Waals surface area contributed by atoms with E-state index in [9.17, 15) is 9.18 Å². The molecule has 7 heteroatoms. The van der Waals surface area contributed by atoms with Crippen molar-refractivity contribution in [2.24, 2.45) is 0 Å². The maximum absolute atomic E-state index is 12.9. The maximum atomic E-state index is 12.9. The van der Waals surface area contributed by atoms with Crippen molar-refractivity contribution in [2.75, 3.05) is 0 Å². The molecular formula is C15H13FN4OS. The standard InChI is InChI=1S/C15H13FN4OS/c16-11-5-3-10(4-6-11)15-18-13(19-20-15)9-17-14(21)8-12-2-1-7-22-12/h1-7H,8-9H2,(H,17,21)(H,18,19,20). The number of amides is 1. The Kier molecular flexibility index (Phi) is 4.24. The predicted octanol–water partition coefficient (Wildman–Crippen LogP) is 2.53. The number of thiophene rings is 1. The highest BCUT2D eigenvalue weighted by molar-refractivity contribution is 7.10. The van der Waals surface area contributed by atoms with Crippen molar-refractivity contribution in [1.82, 2.24) is 20.5 Å². The highest BCUT2D eigenvalue weighted by atomic mass is 32.1. The Hall–Kier alpha value is -2.54. The minimum atomic E-state index is -0.305. The minimum Gasteiger partial charge on any atom is -0.349 e. The molecule has 2 N–H and O–H groups in total. The van der Waals surface area contributed by atoms with E-state index >= 15 is 0 Å². The second-order valence-corrected chi connectivity index (χ2v) is 5.68. The minimum absolute atomic E-state index is 0.0674. The lowest BCUT2D eigenvalue weighted by atomic mass is 10.2. The van der Waals surface area contributed by atoms with Gasteiger partial charge >= 0.3 is 0 Å². The molecule has 0 atom stereocenters. The van der Waals surface area contributed by atoms with Crippen LogP contribution in [-0.4, -0.2) is 21.1 Å². The Morgan fingerprint density at radius 1 is 1.27 bits per heavy atom. The molecule has 0 fully saturated rings. The lowest BCUT2D eigenvalue weighted by Gasteiger charge is -2.01. The van der Waals surface area contributed by atoms with E-state index < -0.39 is 0 Å². The topological polar surface area (TPSA) is 70.7 Å². The number of nitrogens with zero attached hydrogens (tertiary/aromatic N) is 2. The first-order valence-corrected chi connectivity index (χ1v) is 7.55. The van der Waals surface area contributed by atoms with E-state index in [-0.39, 0.29) is 18.3 Å². The SMILES string of the molecule is O=C(Cc1cccs1)NCc1nc(-c2ccc(F)cc2)n[nH]1. The number of nitrogens with one attached hydrogen (secondary N) is 2. The summed E-state index contributed by atoms with van der Waals surface area (Å²) in [5, 5.41) is 11.6. The van der Waals surface area contributed by atoms with Crippen molar-refractivity contribution in [3.05, 3.63) is 58.3 Å². The van der Waals surface area contributed by atoms with Crippen molar-refractivity contribution in [2.45, 2.75) is 13.0 Å². The summed E-state index contributed by atoms with van der Waals surface area (Å²) in [4.78, 5) is 17.1. The first-order valence-electron chi connectivity index (χ1n) is 6.67. The van der Waals surface area contributed by atoms with Gasteiger partial charge < -0.3 is 5.32 Å². The average molecular weight is 316 g/mol. The second-order valence-electron chi connectivity index (χ2n) is 4.65. The molecule has 3 rings (SSSR count). The monoisotopic (exact) mass is 316 g/mol. The molecular weight excluding hydrogens is 303 g/mol. The van der Waals surface area contributed by atoms with Gasteiger partial charge in [0, 0.05) is 10.4 Å². The third-order valence-corrected chi connectivity index (χ3v) is 3.88. The fraction of sp³-hybridized carbons (Fsp3) is 0.133. The number of aromatic amines is 1. The van der Waals surface area contributed by atoms with Gasteiger partial charge in [-0.05, 0) is 35.7 Å². The zero-order valence-electron chi connectivity index (χ0n) is 11.5. The van der Waals surface area contributed by atoms with E-state index in [0.717, 1.165) is 4.88 Å². The van der Waals surface area contributed by atoms with E-state index in [4.69, 9.17) is 0 Å². The van der Waals surface area contributed by atoms with Crippen LogP contribution in [0.15, 0.2) is 41.8 Å². The normalized spacial score (nSPS) is 10.6. The summed E-state index contributed by atoms with van der Waals surface area (Å²) >= 11 is 1.55. The summed E-state index contributed by atoms with van der Waals surface area (Å²) in [7, 11) is 0. The van der Waals surface area contributed by atoms with Crippen LogP contribution in [0.5, 0.6) is 0 Å². The zero-order chi connectivity index (χ0) is 15.4. The summed E-state index contributed by atoms with van der Waals surface area (Å²) in [6, 6.07) is 9.77. The number of hydrogen-bond donors (Lipinski definition) is 2. The third kappa shape index (κ3) is 3.56. The van der Waals surface area contributed by atoms with Crippen LogP contribution >= 0.6 is 11.3 Å². The average Bonchev–Trinajstić information content (AvgIpc) is 3.17. The molecule has 3 aromatic rings. The Balaban J connectivity index is 1.57. The van der Waals surface area contributed by atoms with Gasteiger partial charge in [0.25, 0.3) is 0 Å². The largest absolute Gasteiger partial charge is 0.349 e. The van der Waals surface area contributed by atoms with Crippen LogP contribution in [0.3, 0.4) is 0 Å². The molecule has 0 aliphatic heterocycles. The molecule has 0 radical (unpaired) electrons. The Labute approximate surface area is 130 Å². The quantitative estimate of drug-likeness (QED) is 0.760. The van der Waals surface area contributed by atoms with Crippen LogP contribution in [-0.2, 0) is 17.8 Å². The van der Waals surface area contributed by atoms with E-state index in [1.54, 1.807) is 23.5 Å². The number of carbonyl (C=O) groups excluding carboxylic acids is 1. The van der Waals surface area contributed by atoms with E-state index in [1.165, 1.54) is 12.1 Å². The van der Waals surface area contributed by atoms with Crippen LogP contribution in [0, 0.1) is 5.82 Å². The molecule has 2 aromatic heterocycles. The van der Waals surface area contributed by atoms with Crippen LogP contribution in [0.25, 0.3) is 11.4 Å². The predicted molar refractivity (Wildman–Crippen MR) is 81.6 cm³/mol. The van der Waals surface area contributed by atoms with E-state index in [0.29, 0.717) is 23.6 Å².